The summed E-state index contributed by atoms with van der Waals surface area (Å²) in [6, 6.07) is 4.82. The maximum absolute atomic E-state index is 13.4. The van der Waals surface area contributed by atoms with Gasteiger partial charge in [0.25, 0.3) is 0 Å². The van der Waals surface area contributed by atoms with Gasteiger partial charge in [0, 0.05) is 12.0 Å². The summed E-state index contributed by atoms with van der Waals surface area (Å²) in [4.78, 5) is 0. The quantitative estimate of drug-likeness (QED) is 0.888. The van der Waals surface area contributed by atoms with Crippen molar-refractivity contribution < 1.29 is 9.50 Å². The van der Waals surface area contributed by atoms with Gasteiger partial charge in [0.05, 0.1) is 11.1 Å². The maximum atomic E-state index is 13.4. The average Bonchev–Trinajstić information content (AvgIpc) is 2.37. The van der Waals surface area contributed by atoms with Gasteiger partial charge in [-0.3, -0.25) is 0 Å². The van der Waals surface area contributed by atoms with Crippen molar-refractivity contribution in [2.24, 2.45) is 11.1 Å². The Labute approximate surface area is 112 Å². The van der Waals surface area contributed by atoms with Crippen LogP contribution < -0.4 is 5.73 Å². The van der Waals surface area contributed by atoms with E-state index in [4.69, 9.17) is 17.3 Å². The number of aliphatic hydroxyl groups is 1. The highest BCUT2D eigenvalue weighted by Crippen LogP contribution is 2.39. The standard InChI is InChI=1S/C14H19ClFNO/c15-11-5-4-10(7-12(11)16)8-14(9-17)6-2-1-3-13(14)18/h4-5,7,13,18H,1-3,6,8-9,17H2. The molecule has 1 aliphatic carbocycles. The van der Waals surface area contributed by atoms with Crippen molar-refractivity contribution in [2.75, 3.05) is 6.54 Å². The highest BCUT2D eigenvalue weighted by molar-refractivity contribution is 6.30. The van der Waals surface area contributed by atoms with Crippen LogP contribution in [0.15, 0.2) is 18.2 Å². The number of halogens is 2. The molecular weight excluding hydrogens is 253 g/mol. The van der Waals surface area contributed by atoms with E-state index in [1.807, 2.05) is 6.07 Å². The van der Waals surface area contributed by atoms with Crippen molar-refractivity contribution in [3.8, 4) is 0 Å². The van der Waals surface area contributed by atoms with Gasteiger partial charge in [-0.15, -0.1) is 0 Å². The Morgan fingerprint density at radius 2 is 2.22 bits per heavy atom. The van der Waals surface area contributed by atoms with Crippen LogP contribution in [0.4, 0.5) is 4.39 Å². The van der Waals surface area contributed by atoms with Gasteiger partial charge in [-0.2, -0.15) is 0 Å². The van der Waals surface area contributed by atoms with Crippen LogP contribution >= 0.6 is 11.6 Å². The Morgan fingerprint density at radius 1 is 1.44 bits per heavy atom. The number of benzene rings is 1. The zero-order valence-corrected chi connectivity index (χ0v) is 11.1. The Kier molecular flexibility index (Phi) is 4.25. The summed E-state index contributed by atoms with van der Waals surface area (Å²) in [7, 11) is 0. The smallest absolute Gasteiger partial charge is 0.142 e. The molecule has 2 atom stereocenters. The summed E-state index contributed by atoms with van der Waals surface area (Å²) in [6.45, 7) is 0.429. The molecule has 100 valence electrons. The molecule has 1 saturated carbocycles. The molecule has 2 unspecified atom stereocenters. The lowest BCUT2D eigenvalue weighted by Crippen LogP contribution is -2.45. The van der Waals surface area contributed by atoms with Crippen LogP contribution in [0.2, 0.25) is 5.02 Å². The average molecular weight is 272 g/mol. The van der Waals surface area contributed by atoms with E-state index in [0.717, 1.165) is 31.2 Å². The molecule has 3 N–H and O–H groups in total. The Bertz CT molecular complexity index is 426. The third-order valence-corrected chi connectivity index (χ3v) is 4.36. The summed E-state index contributed by atoms with van der Waals surface area (Å²) >= 11 is 5.67. The molecule has 2 rings (SSSR count). The first-order chi connectivity index (χ1) is 8.57. The zero-order valence-electron chi connectivity index (χ0n) is 10.3. The Hall–Kier alpha value is -0.640. The first-order valence-corrected chi connectivity index (χ1v) is 6.77. The molecule has 0 radical (unpaired) electrons. The van der Waals surface area contributed by atoms with Gasteiger partial charge in [-0.05, 0) is 37.0 Å². The molecular formula is C14H19ClFNO. The molecule has 0 aromatic heterocycles. The minimum absolute atomic E-state index is 0.129. The van der Waals surface area contributed by atoms with Crippen molar-refractivity contribution in [2.45, 2.75) is 38.2 Å². The first-order valence-electron chi connectivity index (χ1n) is 6.39. The SMILES string of the molecule is NCC1(Cc2ccc(Cl)c(F)c2)CCCCC1O. The second kappa shape index (κ2) is 5.55. The topological polar surface area (TPSA) is 46.2 Å². The second-order valence-electron chi connectivity index (χ2n) is 5.25. The molecule has 0 saturated heterocycles. The van der Waals surface area contributed by atoms with Crippen molar-refractivity contribution in [3.05, 3.63) is 34.6 Å². The van der Waals surface area contributed by atoms with Crippen molar-refractivity contribution in [3.63, 3.8) is 0 Å². The lowest BCUT2D eigenvalue weighted by molar-refractivity contribution is -0.00588. The monoisotopic (exact) mass is 271 g/mol. The lowest BCUT2D eigenvalue weighted by Gasteiger charge is -2.41. The van der Waals surface area contributed by atoms with Gasteiger partial charge in [-0.1, -0.05) is 30.5 Å². The lowest BCUT2D eigenvalue weighted by atomic mass is 9.68. The number of rotatable bonds is 3. The fourth-order valence-corrected chi connectivity index (χ4v) is 2.98. The third-order valence-electron chi connectivity index (χ3n) is 4.06. The zero-order chi connectivity index (χ0) is 13.2. The van der Waals surface area contributed by atoms with Gasteiger partial charge >= 0.3 is 0 Å². The molecule has 1 aromatic carbocycles. The molecule has 0 spiro atoms. The van der Waals surface area contributed by atoms with Crippen LogP contribution in [0, 0.1) is 11.2 Å². The predicted octanol–water partition coefficient (Wildman–Crippen LogP) is 2.90. The normalized spacial score (nSPS) is 28.3. The van der Waals surface area contributed by atoms with Crippen molar-refractivity contribution >= 4 is 11.6 Å². The van der Waals surface area contributed by atoms with Crippen LogP contribution in [0.3, 0.4) is 0 Å². The summed E-state index contributed by atoms with van der Waals surface area (Å²) in [6.07, 6.45) is 4.01. The molecule has 1 aromatic rings. The van der Waals surface area contributed by atoms with E-state index >= 15 is 0 Å². The van der Waals surface area contributed by atoms with E-state index in [0.29, 0.717) is 13.0 Å². The molecule has 18 heavy (non-hydrogen) atoms. The van der Waals surface area contributed by atoms with Crippen LogP contribution in [-0.4, -0.2) is 17.8 Å². The first kappa shape index (κ1) is 13.8. The van der Waals surface area contributed by atoms with E-state index < -0.39 is 11.9 Å². The van der Waals surface area contributed by atoms with Gasteiger partial charge in [0.2, 0.25) is 0 Å². The van der Waals surface area contributed by atoms with E-state index in [1.165, 1.54) is 6.07 Å². The molecule has 0 aliphatic heterocycles. The fraction of sp³-hybridized carbons (Fsp3) is 0.571. The predicted molar refractivity (Wildman–Crippen MR) is 71.1 cm³/mol. The number of nitrogens with two attached hydrogens (primary N) is 1. The van der Waals surface area contributed by atoms with Gasteiger partial charge < -0.3 is 10.8 Å². The van der Waals surface area contributed by atoms with Gasteiger partial charge in [0.15, 0.2) is 0 Å². The summed E-state index contributed by atoms with van der Waals surface area (Å²) in [5.74, 6) is -0.411. The molecule has 0 bridgehead atoms. The highest BCUT2D eigenvalue weighted by atomic mass is 35.5. The fourth-order valence-electron chi connectivity index (χ4n) is 2.86. The van der Waals surface area contributed by atoms with E-state index in [-0.39, 0.29) is 10.4 Å². The maximum Gasteiger partial charge on any atom is 0.142 e. The summed E-state index contributed by atoms with van der Waals surface area (Å²) < 4.78 is 13.4. The van der Waals surface area contributed by atoms with Crippen molar-refractivity contribution in [1.82, 2.24) is 0 Å². The largest absolute Gasteiger partial charge is 0.392 e. The van der Waals surface area contributed by atoms with Gasteiger partial charge in [-0.25, -0.2) is 4.39 Å². The Balaban J connectivity index is 2.21. The van der Waals surface area contributed by atoms with Gasteiger partial charge in [0.1, 0.15) is 5.82 Å². The number of aliphatic hydroxyl groups excluding tert-OH is 1. The number of hydrogen-bond acceptors (Lipinski definition) is 2. The van der Waals surface area contributed by atoms with E-state index in [9.17, 15) is 9.50 Å². The molecule has 1 aliphatic rings. The molecule has 1 fully saturated rings. The summed E-state index contributed by atoms with van der Waals surface area (Å²) in [5, 5.41) is 10.3. The highest BCUT2D eigenvalue weighted by Gasteiger charge is 2.38. The van der Waals surface area contributed by atoms with E-state index in [2.05, 4.69) is 0 Å². The minimum Gasteiger partial charge on any atom is -0.392 e. The summed E-state index contributed by atoms with van der Waals surface area (Å²) in [5.41, 5.74) is 6.41. The minimum atomic E-state index is -0.411. The molecule has 0 amide bonds. The van der Waals surface area contributed by atoms with Crippen molar-refractivity contribution in [1.29, 1.82) is 0 Å². The van der Waals surface area contributed by atoms with Crippen LogP contribution in [0.1, 0.15) is 31.2 Å². The molecule has 4 heteroatoms. The van der Waals surface area contributed by atoms with Crippen LogP contribution in [0.5, 0.6) is 0 Å². The molecule has 0 heterocycles. The second-order valence-corrected chi connectivity index (χ2v) is 5.66. The number of hydrogen-bond donors (Lipinski definition) is 2. The third kappa shape index (κ3) is 2.68. The Morgan fingerprint density at radius 3 is 2.83 bits per heavy atom. The van der Waals surface area contributed by atoms with Crippen LogP contribution in [0.25, 0.3) is 0 Å². The molecule has 2 nitrogen and oxygen atoms in total. The van der Waals surface area contributed by atoms with Crippen LogP contribution in [-0.2, 0) is 6.42 Å². The van der Waals surface area contributed by atoms with E-state index in [1.54, 1.807) is 6.07 Å².